The zero-order valence-electron chi connectivity index (χ0n) is 77.4. The van der Waals surface area contributed by atoms with Crippen molar-refractivity contribution < 1.29 is 99.8 Å². The number of hydrogen-bond acceptors (Lipinski definition) is 21. The summed E-state index contributed by atoms with van der Waals surface area (Å²) in [6.45, 7) is 5.43. The molecule has 2 aliphatic rings. The van der Waals surface area contributed by atoms with Crippen LogP contribution in [0.4, 0.5) is 13.2 Å². The number of guanidine groups is 1. The topological polar surface area (TPSA) is 621 Å². The Kier molecular flexibility index (Phi) is 40.5. The number of unbranched alkanes of at least 4 members (excludes halogenated alkanes) is 2. The number of aliphatic hydroxyl groups excluding tert-OH is 1. The molecule has 0 unspecified atom stereocenters. The van der Waals surface area contributed by atoms with E-state index in [-0.39, 0.29) is 88.8 Å². The predicted octanol–water partition coefficient (Wildman–Crippen LogP) is -1.12. The molecule has 0 radical (unpaired) electrons. The van der Waals surface area contributed by atoms with E-state index in [1.165, 1.54) is 46.7 Å². The highest BCUT2D eigenvalue weighted by Crippen LogP contribution is 2.31. The number of amides is 17. The van der Waals surface area contributed by atoms with Gasteiger partial charge in [0.05, 0.1) is 43.8 Å². The van der Waals surface area contributed by atoms with E-state index in [1.807, 2.05) is 13.8 Å². The van der Waals surface area contributed by atoms with Crippen LogP contribution in [0, 0.1) is 11.3 Å². The van der Waals surface area contributed by atoms with Gasteiger partial charge >= 0.3 is 6.18 Å². The summed E-state index contributed by atoms with van der Waals surface area (Å²) in [5, 5.41) is 48.7. The lowest BCUT2D eigenvalue weighted by atomic mass is 10.00. The molecule has 6 aromatic rings. The number of aromatic amines is 3. The van der Waals surface area contributed by atoms with E-state index in [0.29, 0.717) is 76.1 Å². The smallest absolute Gasteiger partial charge is 0.394 e. The van der Waals surface area contributed by atoms with Gasteiger partial charge in [0.1, 0.15) is 78.5 Å². The number of aromatic nitrogens is 4. The number of thioether (sulfide) groups is 1. The fourth-order valence-corrected chi connectivity index (χ4v) is 16.9. The van der Waals surface area contributed by atoms with Gasteiger partial charge in [0.25, 0.3) is 0 Å². The summed E-state index contributed by atoms with van der Waals surface area (Å²) in [6, 6.07) is -3.16. The largest absolute Gasteiger partial charge is 0.416 e. The molecule has 17 amide bonds. The lowest BCUT2D eigenvalue weighted by Crippen LogP contribution is -2.61. The highest BCUT2D eigenvalue weighted by Gasteiger charge is 2.45. The average molecular weight is 1920 g/mol. The van der Waals surface area contributed by atoms with E-state index >= 15 is 24.0 Å². The molecule has 0 aliphatic carbocycles. The Morgan fingerprint density at radius 1 is 0.566 bits per heavy atom. The van der Waals surface area contributed by atoms with E-state index in [9.17, 15) is 75.8 Å². The van der Waals surface area contributed by atoms with Crippen molar-refractivity contribution in [3.8, 4) is 0 Å². The number of H-pyrrole nitrogens is 3. The molecule has 22 N–H and O–H groups in total. The number of nitrogens with zero attached hydrogens (tertiary/aromatic N) is 6. The number of fused-ring (bicyclic) bond motifs is 3. The summed E-state index contributed by atoms with van der Waals surface area (Å²) >= 11 is 0.652. The minimum absolute atomic E-state index is 0.00649. The summed E-state index contributed by atoms with van der Waals surface area (Å²) in [6.07, 6.45) is -0.218. The second kappa shape index (κ2) is 51.1. The molecule has 13 atom stereocenters. The number of nitrogens with two attached hydrogens (primary N) is 3. The number of carbonyl (C=O) groups excluding carboxylic acids is 17. The van der Waals surface area contributed by atoms with E-state index in [0.717, 1.165) is 49.7 Å². The Hall–Kier alpha value is -13.7. The summed E-state index contributed by atoms with van der Waals surface area (Å²) < 4.78 is 42.9. The molecule has 3 aromatic heterocycles. The van der Waals surface area contributed by atoms with Crippen molar-refractivity contribution in [2.24, 2.45) is 23.1 Å². The number of para-hydroxylation sites is 2. The number of carbonyl (C=O) groups is 17. The first-order valence-electron chi connectivity index (χ1n) is 44.9. The molecule has 46 heteroatoms. The molecule has 8 rings (SSSR count). The molecule has 740 valence electrons. The number of alkyl halides is 3. The van der Waals surface area contributed by atoms with Crippen LogP contribution in [0.5, 0.6) is 0 Å². The number of imidazole rings is 1. The predicted molar refractivity (Wildman–Crippen MR) is 495 cm³/mol. The standard InChI is InChI=1S/C90H125F3N24O18S/c1-10-12-28-69-82(129)106-60(27-19-31-99-89(96)97)78(125)112-68(77(124)102-43-73(95)120)46-136-47-75(122)105-64(35-51-21-18-22-54(34-51)90(91,92)93)85(132)114(7)50(5)76(123)108-66(39-72(94)119)87(134)117-32-20-30-70(117)83(130)107-62(38-55-42-98-48-103-55)80(127)109-63(33-49(3)4)84(131)113(6)44-74(121)104-61(36-52-40-100-58-25-16-14-23-56(52)58)79(126)111-67(45-118)81(128)110-65(37-53-41-101-59-26-17-15-24-57(53)59)86(133)116(9)71(29-13-11-2)88(135)115(69)8/h14-18,21-26,34,40-42,48-50,60-71,100-101,118H,10-13,19-20,27-33,35-39,43-47H2,1-9H3,(H2,94,119)(H2,95,120)(H,98,103)(H,102,124)(H,104,121)(H,105,122)(H,106,129)(H,107,130)(H,108,123)(H,109,127)(H,110,128)(H,111,126)(H,112,125)(H4,96,97,99)/t50-,60-,61-,62-,63-,64-,65-,66-,67-,68-,69-,70-,71-/m0/s1. The van der Waals surface area contributed by atoms with Crippen molar-refractivity contribution in [1.82, 2.24) is 103 Å². The zero-order valence-corrected chi connectivity index (χ0v) is 78.2. The van der Waals surface area contributed by atoms with Crippen LogP contribution in [-0.4, -0.2) is 307 Å². The van der Waals surface area contributed by atoms with Crippen molar-refractivity contribution in [2.75, 3.05) is 72.5 Å². The van der Waals surface area contributed by atoms with E-state index < -0.39 is 241 Å². The fraction of sp³-hybridized carbons (Fsp3) is 0.522. The second-order valence-electron chi connectivity index (χ2n) is 34.4. The van der Waals surface area contributed by atoms with Crippen molar-refractivity contribution in [3.63, 3.8) is 0 Å². The Balaban J connectivity index is 1.20. The van der Waals surface area contributed by atoms with Crippen LogP contribution >= 0.6 is 11.8 Å². The molecule has 5 heterocycles. The second-order valence-corrected chi connectivity index (χ2v) is 35.4. The summed E-state index contributed by atoms with van der Waals surface area (Å²) in [5.41, 5.74) is 18.0. The summed E-state index contributed by atoms with van der Waals surface area (Å²) in [4.78, 5) is 267. The number of primary amides is 2. The number of rotatable bonds is 26. The van der Waals surface area contributed by atoms with Gasteiger partial charge in [-0.15, -0.1) is 11.8 Å². The number of likely N-dealkylation sites (N-methyl/N-ethyl adjacent to an activating group) is 4. The Bertz CT molecular complexity index is 5250. The third kappa shape index (κ3) is 30.9. The maximum Gasteiger partial charge on any atom is 0.416 e. The maximum atomic E-state index is 15.7. The molecule has 0 spiro atoms. The van der Waals surface area contributed by atoms with Gasteiger partial charge in [0.15, 0.2) is 5.96 Å². The molecule has 3 aromatic carbocycles. The molecule has 42 nitrogen and oxygen atoms in total. The number of hydrogen-bond donors (Lipinski definition) is 19. The van der Waals surface area contributed by atoms with Crippen LogP contribution in [0.15, 0.2) is 97.7 Å². The lowest BCUT2D eigenvalue weighted by Gasteiger charge is -2.36. The Labute approximate surface area is 787 Å². The first-order valence-corrected chi connectivity index (χ1v) is 46.1. The quantitative estimate of drug-likeness (QED) is 0.0174. The average Bonchev–Trinajstić information content (AvgIpc) is 1.45. The fourth-order valence-electron chi connectivity index (χ4n) is 16.1. The van der Waals surface area contributed by atoms with Crippen molar-refractivity contribution in [3.05, 3.63) is 126 Å². The number of nitrogens with one attached hydrogen (secondary N) is 15. The van der Waals surface area contributed by atoms with Crippen LogP contribution in [0.25, 0.3) is 21.8 Å². The van der Waals surface area contributed by atoms with Crippen LogP contribution in [0.3, 0.4) is 0 Å². The first kappa shape index (κ1) is 108. The number of benzene rings is 3. The number of halogens is 3. The molecular weight excluding hydrogens is 1790 g/mol. The minimum atomic E-state index is -4.90. The minimum Gasteiger partial charge on any atom is -0.394 e. The van der Waals surface area contributed by atoms with Gasteiger partial charge < -0.3 is 120 Å². The van der Waals surface area contributed by atoms with Crippen LogP contribution in [-0.2, 0) is 113 Å². The molecule has 2 aliphatic heterocycles. The van der Waals surface area contributed by atoms with Gasteiger partial charge in [-0.25, -0.2) is 4.98 Å². The molecule has 2 fully saturated rings. The van der Waals surface area contributed by atoms with Crippen molar-refractivity contribution in [2.45, 2.75) is 222 Å². The Morgan fingerprint density at radius 2 is 1.12 bits per heavy atom. The summed E-state index contributed by atoms with van der Waals surface area (Å²) in [7, 11) is 4.99. The third-order valence-corrected chi connectivity index (χ3v) is 24.6. The van der Waals surface area contributed by atoms with Crippen LogP contribution in [0.1, 0.15) is 140 Å². The highest BCUT2D eigenvalue weighted by molar-refractivity contribution is 8.00. The number of aliphatic hydroxyl groups is 1. The van der Waals surface area contributed by atoms with E-state index in [4.69, 9.17) is 22.6 Å². The van der Waals surface area contributed by atoms with Gasteiger partial charge in [-0.3, -0.25) is 86.9 Å². The normalized spacial score (nSPS) is 23.3. The van der Waals surface area contributed by atoms with Crippen molar-refractivity contribution >= 4 is 140 Å². The molecule has 2 saturated heterocycles. The van der Waals surface area contributed by atoms with Crippen LogP contribution < -0.4 is 75.7 Å². The molecule has 0 bridgehead atoms. The monoisotopic (exact) mass is 1920 g/mol. The van der Waals surface area contributed by atoms with Crippen LogP contribution in [0.2, 0.25) is 0 Å². The SMILES string of the molecule is CCCC[C@H]1C(=O)N(C)[C@@H](CCCC)C(=O)N[C@@H](CCCNC(=N)N)C(=O)N[C@H](C(=O)NCC(N)=O)CSCC(=O)N[C@@H](Cc2cccc(C(F)(F)F)c2)C(=O)N(C)[C@@H](C)C(=O)N[C@@H](CC(N)=O)C(=O)N2CCC[C@H]2C(=O)N[C@@H](Cc2cnc[nH]2)C(=O)N[C@@H](CC(C)C)C(=O)N(C)CC(=O)N[C@@H](Cc2c[nH]c3ccccc23)C(=O)N[C@@H](CO)C(=O)N[C@@H](Cc2c[nH]c3ccccc23)C(=O)N1C. The maximum absolute atomic E-state index is 15.7. The van der Waals surface area contributed by atoms with Crippen molar-refractivity contribution in [1.29, 1.82) is 5.41 Å². The van der Waals surface area contributed by atoms with Gasteiger partial charge in [0, 0.05) is 119 Å². The molecule has 0 saturated carbocycles. The summed E-state index contributed by atoms with van der Waals surface area (Å²) in [5.74, 6) is -18.9. The lowest BCUT2D eigenvalue weighted by molar-refractivity contribution is -0.149. The van der Waals surface area contributed by atoms with Gasteiger partial charge in [0.2, 0.25) is 100 Å². The van der Waals surface area contributed by atoms with Gasteiger partial charge in [-0.2, -0.15) is 13.2 Å². The zero-order chi connectivity index (χ0) is 99.9. The van der Waals surface area contributed by atoms with E-state index in [1.54, 1.807) is 74.8 Å². The highest BCUT2D eigenvalue weighted by atomic mass is 32.2. The van der Waals surface area contributed by atoms with Gasteiger partial charge in [-0.1, -0.05) is 108 Å². The molecule has 136 heavy (non-hydrogen) atoms. The van der Waals surface area contributed by atoms with E-state index in [2.05, 4.69) is 78.4 Å². The molecular formula is C90H125F3N24O18S. The first-order chi connectivity index (χ1) is 64.5. The third-order valence-electron chi connectivity index (χ3n) is 23.5. The Morgan fingerprint density at radius 3 is 1.71 bits per heavy atom. The van der Waals surface area contributed by atoms with Gasteiger partial charge in [-0.05, 0) is 92.7 Å².